The molecule has 1 aliphatic carbocycles. The summed E-state index contributed by atoms with van der Waals surface area (Å²) in [5.74, 6) is 0.439. The van der Waals surface area contributed by atoms with Crippen molar-refractivity contribution in [3.05, 3.63) is 82.4 Å². The molecular formula is C32H33ClN6O2. The second-order valence-electron chi connectivity index (χ2n) is 11.5. The number of para-hydroxylation sites is 1. The lowest BCUT2D eigenvalue weighted by molar-refractivity contribution is -0.124. The maximum Gasteiger partial charge on any atom is 0.253 e. The summed E-state index contributed by atoms with van der Waals surface area (Å²) in [5.41, 5.74) is 4.07. The number of carbonyl (C=O) groups excluding carboxylic acids is 2. The Morgan fingerprint density at radius 3 is 2.59 bits per heavy atom. The van der Waals surface area contributed by atoms with Crippen LogP contribution in [0, 0.1) is 24.2 Å². The average Bonchev–Trinajstić information content (AvgIpc) is 3.22. The minimum atomic E-state index is -0.532. The fourth-order valence-electron chi connectivity index (χ4n) is 6.88. The fourth-order valence-corrected chi connectivity index (χ4v) is 7.03. The normalized spacial score (nSPS) is 21.4. The van der Waals surface area contributed by atoms with Gasteiger partial charge in [0.05, 0.1) is 27.4 Å². The highest BCUT2D eigenvalue weighted by molar-refractivity contribution is 6.30. The molecule has 6 rings (SSSR count). The Bertz CT molecular complexity index is 1520. The van der Waals surface area contributed by atoms with E-state index in [0.29, 0.717) is 60.4 Å². The summed E-state index contributed by atoms with van der Waals surface area (Å²) in [4.78, 5) is 39.7. The summed E-state index contributed by atoms with van der Waals surface area (Å²) in [5, 5.41) is 13.1. The molecule has 1 saturated heterocycles. The molecule has 2 fully saturated rings. The van der Waals surface area contributed by atoms with Gasteiger partial charge >= 0.3 is 0 Å². The Kier molecular flexibility index (Phi) is 7.39. The lowest BCUT2D eigenvalue weighted by Gasteiger charge is -2.40. The molecule has 0 bridgehead atoms. The first-order valence-corrected chi connectivity index (χ1v) is 14.7. The van der Waals surface area contributed by atoms with E-state index in [0.717, 1.165) is 42.6 Å². The van der Waals surface area contributed by atoms with Gasteiger partial charge in [-0.3, -0.25) is 14.6 Å². The molecule has 8 nitrogen and oxygen atoms in total. The van der Waals surface area contributed by atoms with Crippen LogP contribution in [0.25, 0.3) is 0 Å². The first kappa shape index (κ1) is 27.2. The third kappa shape index (κ3) is 5.04. The van der Waals surface area contributed by atoms with Gasteiger partial charge in [-0.1, -0.05) is 29.8 Å². The predicted molar refractivity (Wildman–Crippen MR) is 158 cm³/mol. The number of hydrogen-bond acceptors (Lipinski definition) is 6. The molecule has 41 heavy (non-hydrogen) atoms. The molecule has 2 amide bonds. The van der Waals surface area contributed by atoms with Crippen LogP contribution < -0.4 is 15.1 Å². The molecule has 2 aliphatic heterocycles. The van der Waals surface area contributed by atoms with Crippen LogP contribution in [0.1, 0.15) is 65.8 Å². The van der Waals surface area contributed by atoms with Crippen molar-refractivity contribution in [1.29, 1.82) is 5.26 Å². The van der Waals surface area contributed by atoms with Gasteiger partial charge in [0.2, 0.25) is 5.91 Å². The zero-order valence-corrected chi connectivity index (χ0v) is 23.9. The Hall–Kier alpha value is -3.96. The Labute approximate surface area is 245 Å². The fraction of sp³-hybridized carbons (Fsp3) is 0.406. The van der Waals surface area contributed by atoms with Crippen molar-refractivity contribution in [2.24, 2.45) is 5.92 Å². The predicted octanol–water partition coefficient (Wildman–Crippen LogP) is 5.18. The van der Waals surface area contributed by atoms with Gasteiger partial charge in [-0.2, -0.15) is 5.26 Å². The monoisotopic (exact) mass is 568 g/mol. The van der Waals surface area contributed by atoms with Crippen LogP contribution in [0.4, 0.5) is 11.4 Å². The van der Waals surface area contributed by atoms with Gasteiger partial charge in [0.15, 0.2) is 5.69 Å². The van der Waals surface area contributed by atoms with Crippen LogP contribution in [-0.4, -0.2) is 47.5 Å². The molecule has 0 atom stereocenters. The Morgan fingerprint density at radius 1 is 1.10 bits per heavy atom. The molecule has 2 aromatic heterocycles. The number of amides is 2. The van der Waals surface area contributed by atoms with Crippen molar-refractivity contribution in [3.63, 3.8) is 0 Å². The molecule has 1 N–H and O–H groups in total. The molecule has 0 unspecified atom stereocenters. The SMILES string of the molecule is Cc1ncc(Cl)cc1C(=O)NC1CCC(CN2C(=O)C3(CCN(c4cccnc4C#N)CC3)c3ccccc32)CC1. The quantitative estimate of drug-likeness (QED) is 0.455. The van der Waals surface area contributed by atoms with E-state index >= 15 is 0 Å². The van der Waals surface area contributed by atoms with Crippen molar-refractivity contribution in [2.75, 3.05) is 29.4 Å². The first-order chi connectivity index (χ1) is 19.9. The van der Waals surface area contributed by atoms with Gasteiger partial charge in [-0.15, -0.1) is 0 Å². The number of nitrogens with one attached hydrogen (secondary N) is 1. The van der Waals surface area contributed by atoms with E-state index in [2.05, 4.69) is 38.4 Å². The van der Waals surface area contributed by atoms with E-state index in [1.807, 2.05) is 36.1 Å². The molecule has 0 radical (unpaired) electrons. The number of fused-ring (bicyclic) bond motifs is 2. The summed E-state index contributed by atoms with van der Waals surface area (Å²) in [6, 6.07) is 16.0. The van der Waals surface area contributed by atoms with Crippen LogP contribution in [-0.2, 0) is 10.2 Å². The zero-order valence-electron chi connectivity index (χ0n) is 23.1. The van der Waals surface area contributed by atoms with Crippen LogP contribution >= 0.6 is 11.6 Å². The van der Waals surface area contributed by atoms with E-state index in [4.69, 9.17) is 11.6 Å². The van der Waals surface area contributed by atoms with Crippen LogP contribution in [0.3, 0.4) is 0 Å². The number of aryl methyl sites for hydroxylation is 1. The number of nitrogens with zero attached hydrogens (tertiary/aromatic N) is 5. The lowest BCUT2D eigenvalue weighted by atomic mass is 9.73. The van der Waals surface area contributed by atoms with Gasteiger partial charge < -0.3 is 15.1 Å². The van der Waals surface area contributed by atoms with E-state index in [1.165, 1.54) is 0 Å². The maximum atomic E-state index is 14.2. The van der Waals surface area contributed by atoms with Crippen LogP contribution in [0.2, 0.25) is 5.02 Å². The number of pyridine rings is 2. The lowest BCUT2D eigenvalue weighted by Crippen LogP contribution is -2.50. The number of halogens is 1. The molecule has 3 aromatic rings. The number of nitriles is 1. The molecule has 1 spiro atoms. The van der Waals surface area contributed by atoms with Crippen LogP contribution in [0.5, 0.6) is 0 Å². The second kappa shape index (κ2) is 11.1. The molecule has 4 heterocycles. The topological polar surface area (TPSA) is 102 Å². The maximum absolute atomic E-state index is 14.2. The van der Waals surface area contributed by atoms with Crippen molar-refractivity contribution < 1.29 is 9.59 Å². The number of rotatable bonds is 5. The number of aromatic nitrogens is 2. The first-order valence-electron chi connectivity index (χ1n) is 14.3. The molecule has 1 saturated carbocycles. The zero-order chi connectivity index (χ0) is 28.6. The van der Waals surface area contributed by atoms with Gasteiger partial charge in [-0.25, -0.2) is 4.98 Å². The summed E-state index contributed by atoms with van der Waals surface area (Å²) in [7, 11) is 0. The van der Waals surface area contributed by atoms with Gasteiger partial charge in [0, 0.05) is 43.8 Å². The van der Waals surface area contributed by atoms with E-state index in [1.54, 1.807) is 18.5 Å². The highest BCUT2D eigenvalue weighted by Gasteiger charge is 2.52. The Balaban J connectivity index is 1.11. The number of benzene rings is 1. The van der Waals surface area contributed by atoms with Gasteiger partial charge in [0.1, 0.15) is 6.07 Å². The molecular weight excluding hydrogens is 536 g/mol. The summed E-state index contributed by atoms with van der Waals surface area (Å²) < 4.78 is 0. The van der Waals surface area contributed by atoms with Gasteiger partial charge in [-0.05, 0) is 81.2 Å². The highest BCUT2D eigenvalue weighted by atomic mass is 35.5. The number of hydrogen-bond donors (Lipinski definition) is 1. The van der Waals surface area contributed by atoms with Crippen LogP contribution in [0.15, 0.2) is 54.9 Å². The Morgan fingerprint density at radius 2 is 1.83 bits per heavy atom. The largest absolute Gasteiger partial charge is 0.369 e. The summed E-state index contributed by atoms with van der Waals surface area (Å²) >= 11 is 6.06. The van der Waals surface area contributed by atoms with Crippen molar-refractivity contribution in [3.8, 4) is 6.07 Å². The van der Waals surface area contributed by atoms with E-state index in [-0.39, 0.29) is 17.9 Å². The molecule has 3 aliphatic rings. The molecule has 1 aromatic carbocycles. The van der Waals surface area contributed by atoms with Crippen molar-refractivity contribution in [1.82, 2.24) is 15.3 Å². The van der Waals surface area contributed by atoms with E-state index in [9.17, 15) is 14.9 Å². The van der Waals surface area contributed by atoms with E-state index < -0.39 is 5.41 Å². The van der Waals surface area contributed by atoms with Crippen molar-refractivity contribution >= 4 is 34.8 Å². The standard InChI is InChI=1S/C32H33ClN6O2/c1-21-25(17-23(33)19-36-21)30(40)37-24-10-8-22(9-11-24)20-39-28-6-3-2-5-26(28)32(31(39)41)12-15-38(16-13-32)29-7-4-14-35-27(29)18-34/h2-7,14,17,19,22,24H,8-13,15-16,20H2,1H3,(H,37,40). The minimum absolute atomic E-state index is 0.0974. The smallest absolute Gasteiger partial charge is 0.253 e. The summed E-state index contributed by atoms with van der Waals surface area (Å²) in [6.45, 7) is 3.90. The number of anilines is 2. The third-order valence-corrected chi connectivity index (χ3v) is 9.34. The minimum Gasteiger partial charge on any atom is -0.369 e. The third-order valence-electron chi connectivity index (χ3n) is 9.14. The van der Waals surface area contributed by atoms with Crippen molar-refractivity contribution in [2.45, 2.75) is 56.9 Å². The number of carbonyl (C=O) groups is 2. The number of piperidine rings is 1. The average molecular weight is 569 g/mol. The molecule has 9 heteroatoms. The second-order valence-corrected chi connectivity index (χ2v) is 11.9. The van der Waals surface area contributed by atoms with Gasteiger partial charge in [0.25, 0.3) is 5.91 Å². The summed E-state index contributed by atoms with van der Waals surface area (Å²) in [6.07, 6.45) is 8.24. The highest BCUT2D eigenvalue weighted by Crippen LogP contribution is 2.49. The molecule has 210 valence electrons.